The van der Waals surface area contributed by atoms with Crippen molar-refractivity contribution < 1.29 is 4.79 Å². The molecule has 4 rings (SSSR count). The number of urea groups is 1. The van der Waals surface area contributed by atoms with E-state index in [0.29, 0.717) is 0 Å². The Morgan fingerprint density at radius 1 is 1.04 bits per heavy atom. The second kappa shape index (κ2) is 8.89. The summed E-state index contributed by atoms with van der Waals surface area (Å²) >= 11 is 1.73. The Morgan fingerprint density at radius 2 is 1.81 bits per heavy atom. The number of nitrogens with one attached hydrogen (secondary N) is 1. The Bertz CT molecular complexity index is 717. The molecule has 2 aliphatic heterocycles. The number of thiazole rings is 1. The van der Waals surface area contributed by atoms with Crippen LogP contribution in [0.5, 0.6) is 0 Å². The number of piperidine rings is 1. The van der Waals surface area contributed by atoms with Gasteiger partial charge in [0, 0.05) is 32.7 Å². The van der Waals surface area contributed by atoms with Crippen molar-refractivity contribution in [3.05, 3.63) is 24.3 Å². The maximum absolute atomic E-state index is 12.4. The highest BCUT2D eigenvalue weighted by Gasteiger charge is 2.22. The van der Waals surface area contributed by atoms with Crippen molar-refractivity contribution in [1.29, 1.82) is 0 Å². The SMILES string of the molecule is O=C(NCCCN1CCCCC1)N1CCN(c2nc3ccccc3s2)CC1. The maximum atomic E-state index is 12.4. The molecule has 3 heterocycles. The number of para-hydroxylation sites is 1. The summed E-state index contributed by atoms with van der Waals surface area (Å²) in [4.78, 5) is 23.9. The van der Waals surface area contributed by atoms with Crippen molar-refractivity contribution in [2.24, 2.45) is 0 Å². The van der Waals surface area contributed by atoms with Gasteiger partial charge in [-0.25, -0.2) is 9.78 Å². The highest BCUT2D eigenvalue weighted by molar-refractivity contribution is 7.22. The highest BCUT2D eigenvalue weighted by atomic mass is 32.1. The molecule has 146 valence electrons. The zero-order chi connectivity index (χ0) is 18.5. The van der Waals surface area contributed by atoms with E-state index >= 15 is 0 Å². The first-order valence-electron chi connectivity index (χ1n) is 10.2. The van der Waals surface area contributed by atoms with E-state index in [-0.39, 0.29) is 6.03 Å². The van der Waals surface area contributed by atoms with Crippen molar-refractivity contribution in [2.45, 2.75) is 25.7 Å². The zero-order valence-electron chi connectivity index (χ0n) is 15.9. The molecule has 2 aliphatic rings. The van der Waals surface area contributed by atoms with E-state index in [2.05, 4.69) is 33.3 Å². The first kappa shape index (κ1) is 18.5. The molecule has 2 fully saturated rings. The molecule has 6 nitrogen and oxygen atoms in total. The van der Waals surface area contributed by atoms with Crippen LogP contribution in [0.2, 0.25) is 0 Å². The van der Waals surface area contributed by atoms with E-state index in [9.17, 15) is 4.79 Å². The molecule has 27 heavy (non-hydrogen) atoms. The van der Waals surface area contributed by atoms with Crippen LogP contribution in [0, 0.1) is 0 Å². The number of hydrogen-bond donors (Lipinski definition) is 1. The number of carbonyl (C=O) groups excluding carboxylic acids is 1. The van der Waals surface area contributed by atoms with Gasteiger partial charge >= 0.3 is 6.03 Å². The molecule has 2 saturated heterocycles. The van der Waals surface area contributed by atoms with Crippen LogP contribution >= 0.6 is 11.3 Å². The van der Waals surface area contributed by atoms with E-state index in [1.165, 1.54) is 37.1 Å². The molecule has 2 aromatic rings. The third kappa shape index (κ3) is 4.71. The molecular formula is C20H29N5OS. The summed E-state index contributed by atoms with van der Waals surface area (Å²) in [6.45, 7) is 7.53. The fourth-order valence-corrected chi connectivity index (χ4v) is 4.91. The summed E-state index contributed by atoms with van der Waals surface area (Å²) in [7, 11) is 0. The Kier molecular flexibility index (Phi) is 6.09. The van der Waals surface area contributed by atoms with Gasteiger partial charge in [0.25, 0.3) is 0 Å². The molecule has 2 amide bonds. The van der Waals surface area contributed by atoms with Crippen molar-refractivity contribution in [3.8, 4) is 0 Å². The molecule has 7 heteroatoms. The van der Waals surface area contributed by atoms with E-state index in [0.717, 1.165) is 56.3 Å². The average Bonchev–Trinajstić information content (AvgIpc) is 3.16. The van der Waals surface area contributed by atoms with Crippen molar-refractivity contribution in [2.75, 3.05) is 57.3 Å². The molecule has 0 aliphatic carbocycles. The third-order valence-electron chi connectivity index (χ3n) is 5.50. The molecule has 0 spiro atoms. The summed E-state index contributed by atoms with van der Waals surface area (Å²) in [6, 6.07) is 8.34. The van der Waals surface area contributed by atoms with Crippen LogP contribution in [0.4, 0.5) is 9.93 Å². The Balaban J connectivity index is 1.18. The van der Waals surface area contributed by atoms with Gasteiger partial charge in [0.2, 0.25) is 0 Å². The third-order valence-corrected chi connectivity index (χ3v) is 6.59. The Hall–Kier alpha value is -1.86. The molecule has 1 N–H and O–H groups in total. The number of hydrogen-bond acceptors (Lipinski definition) is 5. The molecule has 1 aromatic carbocycles. The summed E-state index contributed by atoms with van der Waals surface area (Å²) in [5.74, 6) is 0. The van der Waals surface area contributed by atoms with E-state index < -0.39 is 0 Å². The number of fused-ring (bicyclic) bond motifs is 1. The lowest BCUT2D eigenvalue weighted by Crippen LogP contribution is -2.52. The molecule has 0 saturated carbocycles. The average molecular weight is 388 g/mol. The van der Waals surface area contributed by atoms with Crippen LogP contribution in [-0.2, 0) is 0 Å². The van der Waals surface area contributed by atoms with Gasteiger partial charge in [-0.05, 0) is 51.0 Å². The molecule has 1 aromatic heterocycles. The van der Waals surface area contributed by atoms with Gasteiger partial charge in [-0.1, -0.05) is 29.9 Å². The van der Waals surface area contributed by atoms with E-state index in [1.54, 1.807) is 11.3 Å². The number of carbonyl (C=O) groups is 1. The van der Waals surface area contributed by atoms with E-state index in [1.807, 2.05) is 11.0 Å². The van der Waals surface area contributed by atoms with Gasteiger partial charge in [-0.3, -0.25) is 0 Å². The van der Waals surface area contributed by atoms with Crippen molar-refractivity contribution in [3.63, 3.8) is 0 Å². The van der Waals surface area contributed by atoms with Gasteiger partial charge in [0.15, 0.2) is 5.13 Å². The van der Waals surface area contributed by atoms with Crippen LogP contribution in [-0.4, -0.2) is 73.2 Å². The fourth-order valence-electron chi connectivity index (χ4n) is 3.89. The van der Waals surface area contributed by atoms with Crippen molar-refractivity contribution in [1.82, 2.24) is 20.1 Å². The van der Waals surface area contributed by atoms with Crippen LogP contribution in [0.25, 0.3) is 10.2 Å². The van der Waals surface area contributed by atoms with Gasteiger partial charge in [0.1, 0.15) is 0 Å². The highest BCUT2D eigenvalue weighted by Crippen LogP contribution is 2.29. The van der Waals surface area contributed by atoms with Gasteiger partial charge in [0.05, 0.1) is 10.2 Å². The minimum absolute atomic E-state index is 0.0811. The lowest BCUT2D eigenvalue weighted by Gasteiger charge is -2.34. The predicted molar refractivity (Wildman–Crippen MR) is 112 cm³/mol. The first-order chi connectivity index (χ1) is 13.3. The molecule has 0 atom stereocenters. The summed E-state index contributed by atoms with van der Waals surface area (Å²) in [6.07, 6.45) is 5.06. The number of rotatable bonds is 5. The van der Waals surface area contributed by atoms with E-state index in [4.69, 9.17) is 4.98 Å². The topological polar surface area (TPSA) is 51.7 Å². The van der Waals surface area contributed by atoms with Crippen LogP contribution < -0.4 is 10.2 Å². The van der Waals surface area contributed by atoms with Gasteiger partial charge in [-0.15, -0.1) is 0 Å². The zero-order valence-corrected chi connectivity index (χ0v) is 16.7. The summed E-state index contributed by atoms with van der Waals surface area (Å²) in [5, 5.41) is 4.16. The minimum Gasteiger partial charge on any atom is -0.345 e. The number of aromatic nitrogens is 1. The molecular weight excluding hydrogens is 358 g/mol. The van der Waals surface area contributed by atoms with Crippen LogP contribution in [0.15, 0.2) is 24.3 Å². The monoisotopic (exact) mass is 387 g/mol. The lowest BCUT2D eigenvalue weighted by molar-refractivity contribution is 0.191. The van der Waals surface area contributed by atoms with Gasteiger partial charge in [-0.2, -0.15) is 0 Å². The quantitative estimate of drug-likeness (QED) is 0.802. The summed E-state index contributed by atoms with van der Waals surface area (Å²) < 4.78 is 1.22. The second-order valence-electron chi connectivity index (χ2n) is 7.43. The predicted octanol–water partition coefficient (Wildman–Crippen LogP) is 3.00. The normalized spacial score (nSPS) is 18.8. The largest absolute Gasteiger partial charge is 0.345 e. The first-order valence-corrected chi connectivity index (χ1v) is 11.0. The number of benzene rings is 1. The fraction of sp³-hybridized carbons (Fsp3) is 0.600. The maximum Gasteiger partial charge on any atom is 0.317 e. The van der Waals surface area contributed by atoms with Crippen LogP contribution in [0.1, 0.15) is 25.7 Å². The molecule has 0 radical (unpaired) electrons. The van der Waals surface area contributed by atoms with Gasteiger partial charge < -0.3 is 20.0 Å². The smallest absolute Gasteiger partial charge is 0.317 e. The number of piperazine rings is 1. The minimum atomic E-state index is 0.0811. The Labute approximate surface area is 165 Å². The number of amides is 2. The standard InChI is InChI=1S/C20H29N5OS/c26-19(21-9-6-12-23-10-4-1-5-11-23)24-13-15-25(16-14-24)20-22-17-7-2-3-8-18(17)27-20/h2-3,7-8H,1,4-6,9-16H2,(H,21,26). The number of likely N-dealkylation sites (tertiary alicyclic amines) is 1. The Morgan fingerprint density at radius 3 is 2.59 bits per heavy atom. The summed E-state index contributed by atoms with van der Waals surface area (Å²) in [5.41, 5.74) is 1.06. The number of anilines is 1. The molecule has 0 bridgehead atoms. The van der Waals surface area contributed by atoms with Crippen molar-refractivity contribution >= 4 is 32.7 Å². The molecule has 0 unspecified atom stereocenters. The second-order valence-corrected chi connectivity index (χ2v) is 8.44. The lowest BCUT2D eigenvalue weighted by atomic mass is 10.1. The number of nitrogens with zero attached hydrogens (tertiary/aromatic N) is 4. The van der Waals surface area contributed by atoms with Crippen LogP contribution in [0.3, 0.4) is 0 Å².